The van der Waals surface area contributed by atoms with Crippen molar-refractivity contribution in [2.75, 3.05) is 88.8 Å². The zero-order valence-electron chi connectivity index (χ0n) is 41.5. The highest BCUT2D eigenvalue weighted by molar-refractivity contribution is 5.98. The standard InChI is InChI=1S/C54H67N13O5/c1-3-40-36-60-67-47(33-48(61-53(40)67)65-26-8-7-11-43(65)22-28-68)57-35-39-16-19-42(56-34-39)23-29-70-31-32-71-30-27-63(2)24-10-15-49(69)64-25-9-12-44(37-64)66-54-50(52(55)58-38-59-54)51(62-66)41-17-20-46(21-18-41)72-45-13-5-4-6-14-45/h4-6,10,13-21,33-34,36,38,43-44,57,68H,3,7-9,11-12,22-32,35,37H2,1-2H3,(H2,55,58,59)/b15-10+/t43-,44+/m0/s1. The number of hydrogen-bond donors (Lipinski definition) is 3. The summed E-state index contributed by atoms with van der Waals surface area (Å²) in [5.74, 6) is 3.62. The minimum Gasteiger partial charge on any atom is -0.457 e. The third-order valence-corrected chi connectivity index (χ3v) is 13.5. The Morgan fingerprint density at radius 1 is 0.917 bits per heavy atom. The lowest BCUT2D eigenvalue weighted by Crippen LogP contribution is -2.40. The normalized spacial score (nSPS) is 16.4. The van der Waals surface area contributed by atoms with E-state index < -0.39 is 0 Å². The Labute approximate surface area is 420 Å². The molecule has 4 N–H and O–H groups in total. The number of carbonyl (C=O) groups excluding carboxylic acids is 1. The van der Waals surface area contributed by atoms with Gasteiger partial charge in [-0.25, -0.2) is 19.6 Å². The molecule has 2 aliphatic rings. The van der Waals surface area contributed by atoms with Gasteiger partial charge in [0.05, 0.1) is 44.1 Å². The molecule has 0 unspecified atom stereocenters. The second-order valence-corrected chi connectivity index (χ2v) is 18.5. The third kappa shape index (κ3) is 12.4. The van der Waals surface area contributed by atoms with Crippen molar-refractivity contribution in [2.45, 2.75) is 76.9 Å². The second-order valence-electron chi connectivity index (χ2n) is 18.5. The van der Waals surface area contributed by atoms with Gasteiger partial charge in [-0.1, -0.05) is 37.3 Å². The van der Waals surface area contributed by atoms with Crippen LogP contribution in [-0.2, 0) is 33.7 Å². The number of nitrogen functional groups attached to an aromatic ring is 1. The number of aryl methyl sites for hydroxylation is 1. The van der Waals surface area contributed by atoms with E-state index >= 15 is 0 Å². The van der Waals surface area contributed by atoms with Crippen molar-refractivity contribution in [2.24, 2.45) is 0 Å². The van der Waals surface area contributed by atoms with Crippen molar-refractivity contribution in [3.8, 4) is 22.8 Å². The lowest BCUT2D eigenvalue weighted by molar-refractivity contribution is -0.127. The number of benzene rings is 2. The fourth-order valence-corrected chi connectivity index (χ4v) is 9.53. The number of carbonyl (C=O) groups is 1. The van der Waals surface area contributed by atoms with Gasteiger partial charge in [-0.15, -0.1) is 0 Å². The first-order chi connectivity index (χ1) is 35.3. The van der Waals surface area contributed by atoms with E-state index in [1.807, 2.05) is 94.2 Å². The SMILES string of the molecule is CCc1cnn2c(NCc3ccc(CCOCCOCCN(C)C/C=C/C(=O)N4CCC[C@@H](n5nc(-c6ccc(Oc7ccccc7)cc6)c6c(N)ncnc65)C4)nc3)cc(N3CCCC[C@H]3CCO)nc12. The van der Waals surface area contributed by atoms with Crippen LogP contribution in [0.4, 0.5) is 17.5 Å². The quantitative estimate of drug-likeness (QED) is 0.0431. The fraction of sp³-hybridized carbons (Fsp3) is 0.426. The number of aliphatic hydroxyl groups excluding tert-OH is 1. The zero-order chi connectivity index (χ0) is 49.7. The molecule has 18 heteroatoms. The first-order valence-electron chi connectivity index (χ1n) is 25.4. The molecule has 7 aromatic rings. The number of nitrogens with zero attached hydrogens (tertiary/aromatic N) is 11. The maximum absolute atomic E-state index is 13.4. The first kappa shape index (κ1) is 50.0. The number of nitrogens with one attached hydrogen (secondary N) is 1. The summed E-state index contributed by atoms with van der Waals surface area (Å²) >= 11 is 0. The van der Waals surface area contributed by atoms with Crippen LogP contribution in [0, 0.1) is 0 Å². The molecule has 0 saturated carbocycles. The molecule has 72 heavy (non-hydrogen) atoms. The molecular weight excluding hydrogens is 911 g/mol. The van der Waals surface area contributed by atoms with Crippen LogP contribution >= 0.6 is 0 Å². The van der Waals surface area contributed by atoms with E-state index in [1.54, 1.807) is 6.08 Å². The van der Waals surface area contributed by atoms with E-state index in [0.717, 1.165) is 97.0 Å². The number of pyridine rings is 1. The molecule has 18 nitrogen and oxygen atoms in total. The van der Waals surface area contributed by atoms with E-state index in [2.05, 4.69) is 55.3 Å². The molecule has 9 rings (SSSR count). The Kier molecular flexibility index (Phi) is 16.9. The number of piperidine rings is 2. The smallest absolute Gasteiger partial charge is 0.246 e. The highest BCUT2D eigenvalue weighted by Gasteiger charge is 2.29. The molecule has 0 bridgehead atoms. The van der Waals surface area contributed by atoms with Crippen molar-refractivity contribution in [3.63, 3.8) is 0 Å². The Morgan fingerprint density at radius 3 is 2.56 bits per heavy atom. The van der Waals surface area contributed by atoms with Crippen LogP contribution in [0.1, 0.15) is 68.3 Å². The highest BCUT2D eigenvalue weighted by Crippen LogP contribution is 2.35. The van der Waals surface area contributed by atoms with Crippen molar-refractivity contribution < 1.29 is 24.1 Å². The minimum absolute atomic E-state index is 0.0247. The molecular formula is C54H67N13O5. The largest absolute Gasteiger partial charge is 0.457 e. The number of aliphatic hydroxyl groups is 1. The molecule has 2 fully saturated rings. The summed E-state index contributed by atoms with van der Waals surface area (Å²) in [5, 5.41) is 23.7. The third-order valence-electron chi connectivity index (χ3n) is 13.5. The van der Waals surface area contributed by atoms with Crippen molar-refractivity contribution in [1.82, 2.24) is 49.1 Å². The van der Waals surface area contributed by atoms with Crippen LogP contribution in [0.25, 0.3) is 27.9 Å². The molecule has 0 radical (unpaired) electrons. The monoisotopic (exact) mass is 978 g/mol. The molecule has 5 aromatic heterocycles. The lowest BCUT2D eigenvalue weighted by atomic mass is 9.99. The number of aromatic nitrogens is 8. The summed E-state index contributed by atoms with van der Waals surface area (Å²) in [7, 11) is 2.01. The Balaban J connectivity index is 0.672. The number of likely N-dealkylation sites (tertiary alicyclic amines) is 1. The summed E-state index contributed by atoms with van der Waals surface area (Å²) in [6.45, 7) is 8.46. The van der Waals surface area contributed by atoms with Gasteiger partial charge in [-0.2, -0.15) is 14.7 Å². The highest BCUT2D eigenvalue weighted by atomic mass is 16.5. The average Bonchev–Trinajstić information content (AvgIpc) is 4.03. The molecule has 2 aromatic carbocycles. The number of ether oxygens (including phenoxy) is 3. The zero-order valence-corrected chi connectivity index (χ0v) is 41.5. The number of likely N-dealkylation sites (N-methyl/N-ethyl adjacent to an activating group) is 1. The molecule has 7 heterocycles. The predicted octanol–water partition coefficient (Wildman–Crippen LogP) is 7.15. The van der Waals surface area contributed by atoms with Gasteiger partial charge in [0.2, 0.25) is 5.91 Å². The average molecular weight is 978 g/mol. The maximum atomic E-state index is 13.4. The summed E-state index contributed by atoms with van der Waals surface area (Å²) in [4.78, 5) is 38.4. The summed E-state index contributed by atoms with van der Waals surface area (Å²) in [5.41, 5.74) is 12.7. The topological polar surface area (TPSA) is 199 Å². The van der Waals surface area contributed by atoms with E-state index in [1.165, 1.54) is 12.7 Å². The summed E-state index contributed by atoms with van der Waals surface area (Å²) in [6.07, 6.45) is 16.2. The van der Waals surface area contributed by atoms with E-state index in [-0.39, 0.29) is 24.6 Å². The Hall–Kier alpha value is -6.99. The minimum atomic E-state index is -0.0710. The van der Waals surface area contributed by atoms with E-state index in [4.69, 9.17) is 35.0 Å². The maximum Gasteiger partial charge on any atom is 0.246 e. The van der Waals surface area contributed by atoms with Crippen molar-refractivity contribution in [1.29, 1.82) is 0 Å². The van der Waals surface area contributed by atoms with Crippen LogP contribution in [0.3, 0.4) is 0 Å². The van der Waals surface area contributed by atoms with Crippen molar-refractivity contribution in [3.05, 3.63) is 120 Å². The number of fused-ring (bicyclic) bond motifs is 2. The van der Waals surface area contributed by atoms with Crippen molar-refractivity contribution >= 4 is 40.0 Å². The van der Waals surface area contributed by atoms with Gasteiger partial charge in [-0.3, -0.25) is 9.78 Å². The molecule has 2 atom stereocenters. The number of nitrogens with two attached hydrogens (primary N) is 1. The molecule has 2 saturated heterocycles. The number of para-hydroxylation sites is 1. The van der Waals surface area contributed by atoms with Gasteiger partial charge in [0.15, 0.2) is 11.3 Å². The summed E-state index contributed by atoms with van der Waals surface area (Å²) in [6, 6.07) is 23.8. The summed E-state index contributed by atoms with van der Waals surface area (Å²) < 4.78 is 21.5. The van der Waals surface area contributed by atoms with Gasteiger partial charge in [-0.05, 0) is 100 Å². The number of rotatable bonds is 23. The Morgan fingerprint density at radius 2 is 1.75 bits per heavy atom. The molecule has 0 aliphatic carbocycles. The molecule has 2 aliphatic heterocycles. The molecule has 378 valence electrons. The van der Waals surface area contributed by atoms with Crippen LogP contribution in [-0.4, -0.2) is 139 Å². The van der Waals surface area contributed by atoms with Gasteiger partial charge < -0.3 is 45.1 Å². The fourth-order valence-electron chi connectivity index (χ4n) is 9.53. The predicted molar refractivity (Wildman–Crippen MR) is 279 cm³/mol. The van der Waals surface area contributed by atoms with Crippen LogP contribution < -0.4 is 20.7 Å². The van der Waals surface area contributed by atoms with Gasteiger partial charge in [0, 0.05) is 93.5 Å². The van der Waals surface area contributed by atoms with Gasteiger partial charge >= 0.3 is 0 Å². The first-order valence-corrected chi connectivity index (χ1v) is 25.4. The number of anilines is 3. The number of amides is 1. The number of hydrogen-bond acceptors (Lipinski definition) is 15. The van der Waals surface area contributed by atoms with Crippen LogP contribution in [0.2, 0.25) is 0 Å². The lowest BCUT2D eigenvalue weighted by Gasteiger charge is -2.36. The van der Waals surface area contributed by atoms with Crippen LogP contribution in [0.15, 0.2) is 104 Å². The molecule has 1 amide bonds. The molecule has 0 spiro atoms. The van der Waals surface area contributed by atoms with E-state index in [0.29, 0.717) is 87.3 Å². The Bertz CT molecular complexity index is 2870. The van der Waals surface area contributed by atoms with Gasteiger partial charge in [0.25, 0.3) is 0 Å². The van der Waals surface area contributed by atoms with Crippen LogP contribution in [0.5, 0.6) is 11.5 Å². The van der Waals surface area contributed by atoms with Gasteiger partial charge in [0.1, 0.15) is 41.0 Å². The van der Waals surface area contributed by atoms with E-state index in [9.17, 15) is 9.90 Å². The second kappa shape index (κ2) is 24.4.